The monoisotopic (exact) mass is 191 g/mol. The zero-order valence-electron chi connectivity index (χ0n) is 6.76. The normalized spacial score (nSPS) is 8.91. The van der Waals surface area contributed by atoms with Gasteiger partial charge in [-0.05, 0) is 38.3 Å². The smallest absolute Gasteiger partial charge is 0.175 e. The van der Waals surface area contributed by atoms with Crippen molar-refractivity contribution in [2.24, 2.45) is 5.73 Å². The standard InChI is InChI=1S/C6H13N3S2/c1-3-9(4-2)6(11)8-5(7)10/h3-4H2,1-2H3,(H3,7,8,10,11). The Balaban J connectivity index is 3.89. The molecule has 11 heavy (non-hydrogen) atoms. The second-order valence-electron chi connectivity index (χ2n) is 1.97. The lowest BCUT2D eigenvalue weighted by atomic mass is 10.5. The van der Waals surface area contributed by atoms with Gasteiger partial charge in [0.1, 0.15) is 0 Å². The molecular weight excluding hydrogens is 178 g/mol. The molecule has 0 atom stereocenters. The Bertz CT molecular complexity index is 154. The summed E-state index contributed by atoms with van der Waals surface area (Å²) in [5, 5.41) is 3.53. The molecule has 0 fully saturated rings. The van der Waals surface area contributed by atoms with Gasteiger partial charge in [-0.2, -0.15) is 0 Å². The van der Waals surface area contributed by atoms with Gasteiger partial charge < -0.3 is 16.0 Å². The maximum Gasteiger partial charge on any atom is 0.175 e. The maximum atomic E-state index is 5.25. The van der Waals surface area contributed by atoms with Gasteiger partial charge in [-0.3, -0.25) is 0 Å². The van der Waals surface area contributed by atoms with Crippen LogP contribution in [0.2, 0.25) is 0 Å². The number of thiocarbonyl (C=S) groups is 2. The van der Waals surface area contributed by atoms with Crippen LogP contribution in [-0.2, 0) is 0 Å². The van der Waals surface area contributed by atoms with Crippen molar-refractivity contribution in [1.82, 2.24) is 10.2 Å². The summed E-state index contributed by atoms with van der Waals surface area (Å²) < 4.78 is 0. The molecule has 3 N–H and O–H groups in total. The molecule has 0 aromatic heterocycles. The zero-order chi connectivity index (χ0) is 8.85. The molecule has 64 valence electrons. The fraction of sp³-hybridized carbons (Fsp3) is 0.667. The van der Waals surface area contributed by atoms with E-state index in [0.717, 1.165) is 13.1 Å². The van der Waals surface area contributed by atoms with Gasteiger partial charge in [0.2, 0.25) is 0 Å². The molecule has 0 amide bonds. The van der Waals surface area contributed by atoms with Crippen molar-refractivity contribution >= 4 is 34.7 Å². The Hall–Kier alpha value is -0.420. The minimum Gasteiger partial charge on any atom is -0.376 e. The van der Waals surface area contributed by atoms with Gasteiger partial charge in [0.15, 0.2) is 10.2 Å². The van der Waals surface area contributed by atoms with Crippen molar-refractivity contribution in [3.63, 3.8) is 0 Å². The fourth-order valence-electron chi connectivity index (χ4n) is 0.695. The van der Waals surface area contributed by atoms with E-state index in [0.29, 0.717) is 5.11 Å². The van der Waals surface area contributed by atoms with Gasteiger partial charge in [0, 0.05) is 13.1 Å². The van der Waals surface area contributed by atoms with Crippen LogP contribution in [0.5, 0.6) is 0 Å². The summed E-state index contributed by atoms with van der Waals surface area (Å²) in [6.45, 7) is 5.78. The van der Waals surface area contributed by atoms with Crippen molar-refractivity contribution in [2.45, 2.75) is 13.8 Å². The van der Waals surface area contributed by atoms with Crippen LogP contribution in [0, 0.1) is 0 Å². The van der Waals surface area contributed by atoms with E-state index in [-0.39, 0.29) is 5.11 Å². The molecule has 0 rings (SSSR count). The SMILES string of the molecule is CCN(CC)C(=S)NC(N)=S. The lowest BCUT2D eigenvalue weighted by molar-refractivity contribution is 0.464. The minimum absolute atomic E-state index is 0.224. The van der Waals surface area contributed by atoms with Gasteiger partial charge >= 0.3 is 0 Å². The van der Waals surface area contributed by atoms with Crippen LogP contribution in [-0.4, -0.2) is 28.2 Å². The van der Waals surface area contributed by atoms with Gasteiger partial charge in [-0.25, -0.2) is 0 Å². The summed E-state index contributed by atoms with van der Waals surface area (Å²) in [5.74, 6) is 0. The van der Waals surface area contributed by atoms with Gasteiger partial charge in [-0.15, -0.1) is 0 Å². The molecule has 0 unspecified atom stereocenters. The van der Waals surface area contributed by atoms with Crippen LogP contribution in [0.25, 0.3) is 0 Å². The second kappa shape index (κ2) is 5.26. The number of hydrogen-bond acceptors (Lipinski definition) is 2. The molecule has 5 heteroatoms. The predicted molar refractivity (Wildman–Crippen MR) is 55.4 cm³/mol. The third-order valence-electron chi connectivity index (χ3n) is 1.28. The Morgan fingerprint density at radius 1 is 1.36 bits per heavy atom. The number of rotatable bonds is 2. The summed E-state index contributed by atoms with van der Waals surface area (Å²) >= 11 is 9.64. The summed E-state index contributed by atoms with van der Waals surface area (Å²) in [6.07, 6.45) is 0. The van der Waals surface area contributed by atoms with Gasteiger partial charge in [0.25, 0.3) is 0 Å². The highest BCUT2D eigenvalue weighted by atomic mass is 32.1. The van der Waals surface area contributed by atoms with E-state index in [9.17, 15) is 0 Å². The van der Waals surface area contributed by atoms with E-state index in [1.165, 1.54) is 0 Å². The molecular formula is C6H13N3S2. The van der Waals surface area contributed by atoms with E-state index in [1.54, 1.807) is 0 Å². The molecule has 3 nitrogen and oxygen atoms in total. The number of nitrogens with zero attached hydrogens (tertiary/aromatic N) is 1. The lowest BCUT2D eigenvalue weighted by Crippen LogP contribution is -2.44. The Morgan fingerprint density at radius 3 is 2.09 bits per heavy atom. The predicted octanol–water partition coefficient (Wildman–Crippen LogP) is 0.446. The number of nitrogens with one attached hydrogen (secondary N) is 1. The van der Waals surface area contributed by atoms with Gasteiger partial charge in [-0.1, -0.05) is 0 Å². The largest absolute Gasteiger partial charge is 0.376 e. The van der Waals surface area contributed by atoms with Crippen LogP contribution in [0.1, 0.15) is 13.8 Å². The summed E-state index contributed by atoms with van der Waals surface area (Å²) in [5.41, 5.74) is 5.25. The first kappa shape index (κ1) is 10.6. The lowest BCUT2D eigenvalue weighted by Gasteiger charge is -2.21. The van der Waals surface area contributed by atoms with Crippen LogP contribution in [0.15, 0.2) is 0 Å². The van der Waals surface area contributed by atoms with Crippen LogP contribution in [0.4, 0.5) is 0 Å². The quantitative estimate of drug-likeness (QED) is 0.620. The molecule has 0 aromatic carbocycles. The Morgan fingerprint density at radius 2 is 1.82 bits per heavy atom. The van der Waals surface area contributed by atoms with Crippen molar-refractivity contribution in [3.8, 4) is 0 Å². The highest BCUT2D eigenvalue weighted by Crippen LogP contribution is 1.87. The third-order valence-corrected chi connectivity index (χ3v) is 1.74. The molecule has 0 saturated carbocycles. The summed E-state index contributed by atoms with van der Waals surface area (Å²) in [6, 6.07) is 0. The van der Waals surface area contributed by atoms with Crippen molar-refractivity contribution < 1.29 is 0 Å². The molecule has 0 aromatic rings. The van der Waals surface area contributed by atoms with E-state index in [4.69, 9.17) is 18.0 Å². The molecule has 0 heterocycles. The minimum atomic E-state index is 0.224. The maximum absolute atomic E-state index is 5.25. The van der Waals surface area contributed by atoms with Crippen molar-refractivity contribution in [1.29, 1.82) is 0 Å². The number of hydrogen-bond donors (Lipinski definition) is 2. The average Bonchev–Trinajstić information content (AvgIpc) is 1.88. The molecule has 0 spiro atoms. The van der Waals surface area contributed by atoms with E-state index < -0.39 is 0 Å². The summed E-state index contributed by atoms with van der Waals surface area (Å²) in [4.78, 5) is 1.97. The molecule has 0 aliphatic carbocycles. The van der Waals surface area contributed by atoms with Crippen molar-refractivity contribution in [3.05, 3.63) is 0 Å². The van der Waals surface area contributed by atoms with Gasteiger partial charge in [0.05, 0.1) is 0 Å². The van der Waals surface area contributed by atoms with Crippen LogP contribution in [0.3, 0.4) is 0 Å². The fourth-order valence-corrected chi connectivity index (χ4v) is 1.22. The average molecular weight is 191 g/mol. The first-order chi connectivity index (χ1) is 5.11. The first-order valence-corrected chi connectivity index (χ1v) is 4.28. The summed E-state index contributed by atoms with van der Waals surface area (Å²) in [7, 11) is 0. The molecule has 0 radical (unpaired) electrons. The number of nitrogens with two attached hydrogens (primary N) is 1. The zero-order valence-corrected chi connectivity index (χ0v) is 8.39. The molecule has 0 aliphatic heterocycles. The first-order valence-electron chi connectivity index (χ1n) is 3.47. The Labute approximate surface area is 77.9 Å². The second-order valence-corrected chi connectivity index (χ2v) is 2.79. The molecule has 0 aliphatic rings. The topological polar surface area (TPSA) is 41.3 Å². The highest BCUT2D eigenvalue weighted by molar-refractivity contribution is 7.81. The highest BCUT2D eigenvalue weighted by Gasteiger charge is 2.03. The van der Waals surface area contributed by atoms with E-state index in [2.05, 4.69) is 17.5 Å². The van der Waals surface area contributed by atoms with E-state index >= 15 is 0 Å². The Kier molecular flexibility index (Phi) is 5.06. The van der Waals surface area contributed by atoms with Crippen molar-refractivity contribution in [2.75, 3.05) is 13.1 Å². The third kappa shape index (κ3) is 4.10. The molecule has 0 bridgehead atoms. The molecule has 0 saturated heterocycles. The van der Waals surface area contributed by atoms with Crippen LogP contribution < -0.4 is 11.1 Å². The van der Waals surface area contributed by atoms with E-state index in [1.807, 2.05) is 18.7 Å². The van der Waals surface area contributed by atoms with Crippen LogP contribution >= 0.6 is 24.4 Å².